The summed E-state index contributed by atoms with van der Waals surface area (Å²) in [5.41, 5.74) is -3.92. The summed E-state index contributed by atoms with van der Waals surface area (Å²) in [6.07, 6.45) is 14.6. The van der Waals surface area contributed by atoms with Gasteiger partial charge >= 0.3 is 18.0 Å². The first-order chi connectivity index (χ1) is 41.8. The molecule has 4 saturated heterocycles. The number of anilines is 2. The van der Waals surface area contributed by atoms with Crippen LogP contribution in [0.15, 0.2) is 57.9 Å². The molecule has 10 aliphatic rings. The van der Waals surface area contributed by atoms with Gasteiger partial charge in [-0.3, -0.25) is 19.2 Å². The lowest BCUT2D eigenvalue weighted by atomic mass is 9.46. The number of rotatable bonds is 13. The number of ketones is 2. The summed E-state index contributed by atoms with van der Waals surface area (Å²) >= 11 is 0. The van der Waals surface area contributed by atoms with Gasteiger partial charge in [0.1, 0.15) is 28.1 Å². The minimum absolute atomic E-state index is 0.0313. The van der Waals surface area contributed by atoms with Gasteiger partial charge in [0.05, 0.1) is 48.2 Å². The van der Waals surface area contributed by atoms with Crippen LogP contribution in [0.25, 0.3) is 21.8 Å². The Morgan fingerprint density at radius 2 is 1.36 bits per heavy atom. The van der Waals surface area contributed by atoms with Gasteiger partial charge in [-0.1, -0.05) is 25.5 Å². The van der Waals surface area contributed by atoms with Gasteiger partial charge in [0.2, 0.25) is 23.4 Å². The molecule has 87 heavy (non-hydrogen) atoms. The van der Waals surface area contributed by atoms with E-state index < -0.39 is 93.8 Å². The zero-order chi connectivity index (χ0) is 60.7. The van der Waals surface area contributed by atoms with Gasteiger partial charge in [0, 0.05) is 80.0 Å². The van der Waals surface area contributed by atoms with E-state index in [1.54, 1.807) is 26.2 Å². The number of aliphatic hydroxyl groups is 2. The summed E-state index contributed by atoms with van der Waals surface area (Å²) in [6.45, 7) is 5.07. The molecule has 14 rings (SSSR count). The molecular formula is C65H74F2N6O14. The number of aliphatic hydroxyl groups excluding tert-OH is 1. The number of esters is 2. The Hall–Kier alpha value is -7.17. The van der Waals surface area contributed by atoms with Crippen LogP contribution in [0.2, 0.25) is 0 Å². The van der Waals surface area contributed by atoms with Crippen LogP contribution in [0.3, 0.4) is 0 Å². The van der Waals surface area contributed by atoms with Crippen molar-refractivity contribution in [2.45, 2.75) is 133 Å². The fourth-order valence-electron chi connectivity index (χ4n) is 17.7. The molecule has 1 amide bonds. The number of ether oxygens (including phenoxy) is 5. The Morgan fingerprint density at radius 1 is 0.747 bits per heavy atom. The molecular weight excluding hydrogens is 1130 g/mol. The standard InChI is InChI=1S/C65H74F2N6O14/c1-63-17-15-38(74)21-35(63)9-14-39-44-16-18-65(82,64(44,2)24-49(75)51(39)63)50(76)31-85-60(79)42-27-72(36-10-11-36)53-40(56(42)77)23-46(67)55(59(53)84-4)70-26-34-8-6-20-71(48(34)30-70)62(81)87-32-86-61(80)43-28-73(37-12-13-37)52-41(57(43)78)22-45(66)54(58(52)83-3)69-25-33-7-5-19-68-47(33)29-69/h15,17,21-23,27-28,33-34,36-37,39,44,47-49,51,68,75,82H,5-14,16,18-20,24-26,29-32H2,1-4H3/t33?,34?,39-,44-,47?,48?,49-,51+,63-,64-,65-/m0/s1. The Bertz CT molecular complexity index is 3790. The summed E-state index contributed by atoms with van der Waals surface area (Å²) in [4.78, 5) is 102. The number of hydrogen-bond acceptors (Lipinski definition) is 17. The van der Waals surface area contributed by atoms with E-state index >= 15 is 8.78 Å². The monoisotopic (exact) mass is 1200 g/mol. The van der Waals surface area contributed by atoms with Crippen molar-refractivity contribution < 1.29 is 66.7 Å². The maximum absolute atomic E-state index is 17.0. The van der Waals surface area contributed by atoms with E-state index in [2.05, 4.69) is 5.32 Å². The van der Waals surface area contributed by atoms with Gasteiger partial charge in [0.15, 0.2) is 35.5 Å². The quantitative estimate of drug-likeness (QED) is 0.0897. The van der Waals surface area contributed by atoms with E-state index in [1.165, 1.54) is 37.6 Å². The molecule has 11 atom stereocenters. The van der Waals surface area contributed by atoms with Crippen LogP contribution in [0.5, 0.6) is 11.5 Å². The first kappa shape index (κ1) is 57.6. The van der Waals surface area contributed by atoms with Crippen molar-refractivity contribution in [3.05, 3.63) is 91.5 Å². The third-order valence-corrected chi connectivity index (χ3v) is 22.2. The molecule has 0 bridgehead atoms. The Balaban J connectivity index is 0.657. The lowest BCUT2D eigenvalue weighted by Gasteiger charge is -2.59. The fourth-order valence-corrected chi connectivity index (χ4v) is 17.7. The summed E-state index contributed by atoms with van der Waals surface area (Å²) in [5.74, 6) is -4.34. The van der Waals surface area contributed by atoms with Crippen molar-refractivity contribution in [2.24, 2.45) is 40.4 Å². The number of methoxy groups -OCH3 is 2. The smallest absolute Gasteiger partial charge is 0.412 e. The van der Waals surface area contributed by atoms with Crippen molar-refractivity contribution in [1.82, 2.24) is 19.4 Å². The van der Waals surface area contributed by atoms with Crippen LogP contribution in [-0.2, 0) is 23.8 Å². The van der Waals surface area contributed by atoms with E-state index in [0.717, 1.165) is 43.9 Å². The van der Waals surface area contributed by atoms with Crippen molar-refractivity contribution in [3.8, 4) is 11.5 Å². The molecule has 4 unspecified atom stereocenters. The first-order valence-electron chi connectivity index (χ1n) is 31.1. The predicted octanol–water partition coefficient (Wildman–Crippen LogP) is 7.06. The molecule has 3 N–H and O–H groups in total. The number of carbonyl (C=O) groups is 5. The van der Waals surface area contributed by atoms with Crippen LogP contribution >= 0.6 is 0 Å². The number of aromatic nitrogens is 2. The normalized spacial score (nSPS) is 31.6. The highest BCUT2D eigenvalue weighted by molar-refractivity contribution is 6.02. The zero-order valence-electron chi connectivity index (χ0n) is 49.4. The number of allylic oxidation sites excluding steroid dienone is 4. The van der Waals surface area contributed by atoms with E-state index in [4.69, 9.17) is 23.7 Å². The number of pyridine rings is 2. The molecule has 6 aliphatic carbocycles. The number of nitrogens with zero attached hydrogens (tertiary/aromatic N) is 5. The lowest BCUT2D eigenvalue weighted by molar-refractivity contribution is -0.178. The van der Waals surface area contributed by atoms with Crippen LogP contribution in [0, 0.1) is 52.1 Å². The van der Waals surface area contributed by atoms with Gasteiger partial charge in [-0.25, -0.2) is 23.2 Å². The average molecular weight is 1200 g/mol. The molecule has 6 heterocycles. The number of carbonyl (C=O) groups excluding carboxylic acids is 5. The highest BCUT2D eigenvalue weighted by atomic mass is 19.1. The van der Waals surface area contributed by atoms with Crippen molar-refractivity contribution in [2.75, 3.05) is 76.7 Å². The van der Waals surface area contributed by atoms with Gasteiger partial charge in [-0.05, 0) is 138 Å². The number of nitrogens with one attached hydrogen (secondary N) is 1. The number of Topliss-reactive ketones (excluding diaryl/α,β-unsaturated/α-hetero) is 1. The highest BCUT2D eigenvalue weighted by Gasteiger charge is 2.68. The minimum atomic E-state index is -1.94. The Labute approximate surface area is 500 Å². The number of piperidine rings is 2. The van der Waals surface area contributed by atoms with Crippen LogP contribution < -0.4 is 35.4 Å². The van der Waals surface area contributed by atoms with Crippen LogP contribution in [0.1, 0.15) is 130 Å². The molecule has 0 spiro atoms. The van der Waals surface area contributed by atoms with Crippen LogP contribution in [-0.4, -0.2) is 145 Å². The zero-order valence-corrected chi connectivity index (χ0v) is 49.4. The van der Waals surface area contributed by atoms with Crippen molar-refractivity contribution in [3.63, 3.8) is 0 Å². The van der Waals surface area contributed by atoms with E-state index in [0.29, 0.717) is 76.0 Å². The number of amides is 1. The van der Waals surface area contributed by atoms with E-state index in [-0.39, 0.29) is 118 Å². The molecule has 4 aliphatic heterocycles. The SMILES string of the molecule is COc1c(N2CC3CCCNC3C2)c(F)cc2c(=O)c(C(=O)OCOC(=O)N3CCCC4CN(c5c(F)cc6c(=O)c(C(=O)OCC(=O)[C@@]7(O)CC[C@H]8[C@@H]9CCC%10=CC(=O)C=C[C@]%10(C)[C@H]9[C@@H](O)C[C@@]87C)cn(C7CC7)c6c5OC)CC43)cn(C3CC3)c12. The topological polar surface area (TPSA) is 238 Å². The van der Waals surface area contributed by atoms with Gasteiger partial charge in [-0.15, -0.1) is 0 Å². The maximum Gasteiger partial charge on any atom is 0.412 e. The minimum Gasteiger partial charge on any atom is -0.492 e. The van der Waals surface area contributed by atoms with Gasteiger partial charge in [-0.2, -0.15) is 0 Å². The third-order valence-electron chi connectivity index (χ3n) is 22.2. The molecule has 2 aromatic heterocycles. The molecule has 4 aromatic rings. The van der Waals surface area contributed by atoms with Gasteiger partial charge < -0.3 is 63.0 Å². The Morgan fingerprint density at radius 3 is 1.98 bits per heavy atom. The van der Waals surface area contributed by atoms with E-state index in [1.807, 2.05) is 24.8 Å². The number of hydrogen-bond donors (Lipinski definition) is 3. The fraction of sp³-hybridized carbons (Fsp3) is 0.585. The lowest BCUT2D eigenvalue weighted by Crippen LogP contribution is -2.61. The second kappa shape index (κ2) is 21.3. The first-order valence-corrected chi connectivity index (χ1v) is 31.1. The maximum atomic E-state index is 17.0. The summed E-state index contributed by atoms with van der Waals surface area (Å²) in [5, 5.41) is 27.6. The number of likely N-dealkylation sites (tertiary alicyclic amines) is 1. The van der Waals surface area contributed by atoms with Gasteiger partial charge in [0.25, 0.3) is 0 Å². The highest BCUT2D eigenvalue weighted by Crippen LogP contribution is 2.67. The molecule has 0 radical (unpaired) electrons. The second-order valence-electron chi connectivity index (χ2n) is 26.8. The Kier molecular flexibility index (Phi) is 14.1. The molecule has 5 saturated carbocycles. The predicted molar refractivity (Wildman–Crippen MR) is 313 cm³/mol. The number of fused-ring (bicyclic) bond motifs is 9. The molecule has 22 heteroatoms. The number of halogens is 2. The summed E-state index contributed by atoms with van der Waals surface area (Å²) in [6, 6.07) is 1.73. The average Bonchev–Trinajstić information content (AvgIpc) is 1.65. The summed E-state index contributed by atoms with van der Waals surface area (Å²) < 4.78 is 65.3. The molecule has 9 fully saturated rings. The van der Waals surface area contributed by atoms with Crippen molar-refractivity contribution in [1.29, 1.82) is 0 Å². The van der Waals surface area contributed by atoms with E-state index in [9.17, 15) is 43.8 Å². The van der Waals surface area contributed by atoms with Crippen LogP contribution in [0.4, 0.5) is 25.0 Å². The molecule has 462 valence electrons. The van der Waals surface area contributed by atoms with Crippen molar-refractivity contribution >= 4 is 62.8 Å². The number of benzene rings is 2. The summed E-state index contributed by atoms with van der Waals surface area (Å²) in [7, 11) is 2.82. The third kappa shape index (κ3) is 9.12. The second-order valence-corrected chi connectivity index (χ2v) is 26.8. The largest absolute Gasteiger partial charge is 0.492 e. The molecule has 20 nitrogen and oxygen atoms in total. The molecule has 2 aromatic carbocycles.